The second kappa shape index (κ2) is 7.82. The molecule has 8 heteroatoms. The van der Waals surface area contributed by atoms with Gasteiger partial charge in [0.05, 0.1) is 18.1 Å². The molecule has 0 unspecified atom stereocenters. The zero-order valence-electron chi connectivity index (χ0n) is 17.7. The molecule has 0 radical (unpaired) electrons. The molecule has 0 fully saturated rings. The Balaban J connectivity index is 1.53. The van der Waals surface area contributed by atoms with Crippen molar-refractivity contribution in [1.29, 1.82) is 0 Å². The number of nitrogens with one attached hydrogen (secondary N) is 1. The van der Waals surface area contributed by atoms with E-state index in [4.69, 9.17) is 10.5 Å². The maximum Gasteiger partial charge on any atom is 0.221 e. The molecule has 5 aromatic rings. The molecule has 2 aromatic carbocycles. The van der Waals surface area contributed by atoms with Gasteiger partial charge in [-0.1, -0.05) is 30.3 Å². The van der Waals surface area contributed by atoms with Crippen molar-refractivity contribution >= 4 is 11.0 Å². The van der Waals surface area contributed by atoms with Gasteiger partial charge in [-0.3, -0.25) is 4.68 Å². The van der Waals surface area contributed by atoms with Crippen LogP contribution in [0, 0.1) is 0 Å². The summed E-state index contributed by atoms with van der Waals surface area (Å²) in [4.78, 5) is 12.1. The summed E-state index contributed by atoms with van der Waals surface area (Å²) in [7, 11) is 3.38. The first kappa shape index (κ1) is 19.8. The summed E-state index contributed by atoms with van der Waals surface area (Å²) in [5, 5.41) is 15.6. The van der Waals surface area contributed by atoms with Gasteiger partial charge in [-0.15, -0.1) is 0 Å². The predicted molar refractivity (Wildman–Crippen MR) is 123 cm³/mol. The van der Waals surface area contributed by atoms with Crippen molar-refractivity contribution in [3.05, 3.63) is 66.4 Å². The Bertz CT molecular complexity index is 1420. The number of aromatic amines is 1. The number of hydrogen-bond acceptors (Lipinski definition) is 6. The van der Waals surface area contributed by atoms with E-state index in [0.29, 0.717) is 29.6 Å². The number of rotatable bonds is 5. The number of aromatic nitrogens is 5. The van der Waals surface area contributed by atoms with Gasteiger partial charge in [0.1, 0.15) is 11.4 Å². The lowest BCUT2D eigenvalue weighted by atomic mass is 10.0. The number of aromatic hydroxyl groups is 1. The summed E-state index contributed by atoms with van der Waals surface area (Å²) in [6.07, 6.45) is 1.69. The Morgan fingerprint density at radius 1 is 1.09 bits per heavy atom. The highest BCUT2D eigenvalue weighted by molar-refractivity contribution is 5.83. The van der Waals surface area contributed by atoms with Crippen LogP contribution >= 0.6 is 0 Å². The fourth-order valence-corrected chi connectivity index (χ4v) is 3.85. The van der Waals surface area contributed by atoms with E-state index in [2.05, 4.69) is 20.1 Å². The molecule has 160 valence electrons. The summed E-state index contributed by atoms with van der Waals surface area (Å²) in [6.45, 7) is 0.451. The number of ether oxygens (including phenoxy) is 1. The van der Waals surface area contributed by atoms with Gasteiger partial charge in [0.15, 0.2) is 11.6 Å². The van der Waals surface area contributed by atoms with Gasteiger partial charge in [-0.2, -0.15) is 5.10 Å². The third-order valence-electron chi connectivity index (χ3n) is 5.46. The van der Waals surface area contributed by atoms with Crippen LogP contribution in [0.2, 0.25) is 0 Å². The largest absolute Gasteiger partial charge is 0.504 e. The Hall–Kier alpha value is -4.17. The van der Waals surface area contributed by atoms with Gasteiger partial charge in [0.25, 0.3) is 0 Å². The number of methoxy groups -OCH3 is 1. The Labute approximate surface area is 184 Å². The molecule has 0 amide bonds. The van der Waals surface area contributed by atoms with Crippen molar-refractivity contribution in [3.8, 4) is 45.5 Å². The molecule has 0 aliphatic rings. The SMILES string of the molecule is COc1ncccc1-c1ccc(-c2nn(C)c(-c3nc4ccc(CN)cc4[nH]3)c2O)cc1. The van der Waals surface area contributed by atoms with Crippen molar-refractivity contribution in [2.75, 3.05) is 7.11 Å². The van der Waals surface area contributed by atoms with Crippen molar-refractivity contribution in [2.24, 2.45) is 12.8 Å². The molecule has 3 heterocycles. The fourth-order valence-electron chi connectivity index (χ4n) is 3.85. The molecule has 4 N–H and O–H groups in total. The molecular formula is C24H22N6O2. The first-order chi connectivity index (χ1) is 15.6. The monoisotopic (exact) mass is 426 g/mol. The predicted octanol–water partition coefficient (Wildman–Crippen LogP) is 3.87. The maximum atomic E-state index is 11.0. The van der Waals surface area contributed by atoms with E-state index in [-0.39, 0.29) is 5.75 Å². The van der Waals surface area contributed by atoms with E-state index in [1.54, 1.807) is 25.0 Å². The number of H-pyrrole nitrogens is 1. The first-order valence-corrected chi connectivity index (χ1v) is 10.1. The maximum absolute atomic E-state index is 11.0. The third-order valence-corrected chi connectivity index (χ3v) is 5.46. The van der Waals surface area contributed by atoms with Crippen LogP contribution in [0.3, 0.4) is 0 Å². The van der Waals surface area contributed by atoms with Crippen molar-refractivity contribution < 1.29 is 9.84 Å². The molecule has 0 saturated carbocycles. The average Bonchev–Trinajstić information content (AvgIpc) is 3.37. The van der Waals surface area contributed by atoms with Crippen molar-refractivity contribution in [3.63, 3.8) is 0 Å². The number of aryl methyl sites for hydroxylation is 1. The number of nitrogens with two attached hydrogens (primary N) is 1. The summed E-state index contributed by atoms with van der Waals surface area (Å²) in [5.74, 6) is 1.17. The van der Waals surface area contributed by atoms with Crippen LogP contribution < -0.4 is 10.5 Å². The number of benzene rings is 2. The van der Waals surface area contributed by atoms with Crippen molar-refractivity contribution in [1.82, 2.24) is 24.7 Å². The van der Waals surface area contributed by atoms with Crippen LogP contribution in [-0.2, 0) is 13.6 Å². The van der Waals surface area contributed by atoms with E-state index in [1.807, 2.05) is 54.6 Å². The third kappa shape index (κ3) is 3.27. The lowest BCUT2D eigenvalue weighted by Crippen LogP contribution is -1.95. The Kier molecular flexibility index (Phi) is 4.84. The smallest absolute Gasteiger partial charge is 0.221 e. The van der Waals surface area contributed by atoms with E-state index in [9.17, 15) is 5.11 Å². The van der Waals surface area contributed by atoms with Gasteiger partial charge in [-0.05, 0) is 35.4 Å². The standard InChI is InChI=1S/C24H22N6O2/c1-30-21(23-27-18-10-5-14(13-25)12-19(18)28-23)22(31)20(29-30)16-8-6-15(7-9-16)17-4-3-11-26-24(17)32-2/h3-12,31H,13,25H2,1-2H3,(H,27,28). The van der Waals surface area contributed by atoms with Gasteiger partial charge < -0.3 is 20.6 Å². The number of fused-ring (bicyclic) bond motifs is 1. The number of nitrogens with zero attached hydrogens (tertiary/aromatic N) is 4. The van der Waals surface area contributed by atoms with Crippen LogP contribution in [0.5, 0.6) is 11.6 Å². The molecule has 0 atom stereocenters. The minimum Gasteiger partial charge on any atom is -0.504 e. The van der Waals surface area contributed by atoms with E-state index >= 15 is 0 Å². The number of pyridine rings is 1. The molecule has 8 nitrogen and oxygen atoms in total. The van der Waals surface area contributed by atoms with Crippen LogP contribution in [0.4, 0.5) is 0 Å². The molecule has 5 rings (SSSR count). The van der Waals surface area contributed by atoms with E-state index in [0.717, 1.165) is 33.3 Å². The highest BCUT2D eigenvalue weighted by atomic mass is 16.5. The molecule has 0 aliphatic heterocycles. The lowest BCUT2D eigenvalue weighted by molar-refractivity contribution is 0.399. The minimum atomic E-state index is 0.0670. The van der Waals surface area contributed by atoms with Gasteiger partial charge in [0.2, 0.25) is 5.88 Å². The fraction of sp³-hybridized carbons (Fsp3) is 0.125. The second-order valence-electron chi connectivity index (χ2n) is 7.45. The van der Waals surface area contributed by atoms with E-state index in [1.165, 1.54) is 0 Å². The number of imidazole rings is 1. The first-order valence-electron chi connectivity index (χ1n) is 10.1. The van der Waals surface area contributed by atoms with Gasteiger partial charge >= 0.3 is 0 Å². The quantitative estimate of drug-likeness (QED) is 0.393. The van der Waals surface area contributed by atoms with Crippen LogP contribution in [-0.4, -0.2) is 36.9 Å². The average molecular weight is 426 g/mol. The zero-order chi connectivity index (χ0) is 22.2. The Morgan fingerprint density at radius 3 is 2.62 bits per heavy atom. The highest BCUT2D eigenvalue weighted by Gasteiger charge is 2.21. The highest BCUT2D eigenvalue weighted by Crippen LogP contribution is 2.38. The summed E-state index contributed by atoms with van der Waals surface area (Å²) < 4.78 is 6.99. The molecule has 0 bridgehead atoms. The number of hydrogen-bond donors (Lipinski definition) is 3. The summed E-state index contributed by atoms with van der Waals surface area (Å²) in [5.41, 5.74) is 12.1. The molecule has 0 aliphatic carbocycles. The molecular weight excluding hydrogens is 404 g/mol. The topological polar surface area (TPSA) is 115 Å². The van der Waals surface area contributed by atoms with Crippen LogP contribution in [0.25, 0.3) is 44.9 Å². The van der Waals surface area contributed by atoms with Crippen LogP contribution in [0.1, 0.15) is 5.56 Å². The molecule has 0 saturated heterocycles. The molecule has 0 spiro atoms. The van der Waals surface area contributed by atoms with Crippen molar-refractivity contribution in [2.45, 2.75) is 6.54 Å². The summed E-state index contributed by atoms with van der Waals surface area (Å²) in [6, 6.07) is 17.4. The minimum absolute atomic E-state index is 0.0670. The second-order valence-corrected chi connectivity index (χ2v) is 7.45. The zero-order valence-corrected chi connectivity index (χ0v) is 17.7. The van der Waals surface area contributed by atoms with Gasteiger partial charge in [-0.25, -0.2) is 9.97 Å². The lowest BCUT2D eigenvalue weighted by Gasteiger charge is -2.07. The van der Waals surface area contributed by atoms with Crippen LogP contribution in [0.15, 0.2) is 60.8 Å². The molecule has 3 aromatic heterocycles. The van der Waals surface area contributed by atoms with E-state index < -0.39 is 0 Å². The van der Waals surface area contributed by atoms with Gasteiger partial charge in [0, 0.05) is 30.9 Å². The molecule has 32 heavy (non-hydrogen) atoms. The normalized spacial score (nSPS) is 11.2. The Morgan fingerprint density at radius 2 is 1.88 bits per heavy atom. The summed E-state index contributed by atoms with van der Waals surface area (Å²) >= 11 is 0.